The maximum absolute atomic E-state index is 12.8. The van der Waals surface area contributed by atoms with Crippen LogP contribution in [0.25, 0.3) is 0 Å². The van der Waals surface area contributed by atoms with Crippen LogP contribution in [0.15, 0.2) is 0 Å². The number of amides is 4. The summed E-state index contributed by atoms with van der Waals surface area (Å²) in [7, 11) is 1.20. The van der Waals surface area contributed by atoms with Crippen molar-refractivity contribution < 1.29 is 33.8 Å². The second-order valence-electron chi connectivity index (χ2n) is 7.98. The molecule has 0 saturated carbocycles. The predicted molar refractivity (Wildman–Crippen MR) is 111 cm³/mol. The fourth-order valence-electron chi connectivity index (χ4n) is 2.55. The number of primary amides is 1. The second kappa shape index (κ2) is 12.8. The summed E-state index contributed by atoms with van der Waals surface area (Å²) >= 11 is 0. The third-order valence-corrected chi connectivity index (χ3v) is 4.53. The van der Waals surface area contributed by atoms with Gasteiger partial charge in [-0.05, 0) is 18.8 Å². The number of hydrogen-bond acceptors (Lipinski definition) is 8. The number of rotatable bonds is 12. The van der Waals surface area contributed by atoms with E-state index in [4.69, 9.17) is 16.2 Å². The molecular formula is C19H35N5O7. The van der Waals surface area contributed by atoms with E-state index in [1.807, 2.05) is 0 Å². The molecule has 5 atom stereocenters. The zero-order valence-corrected chi connectivity index (χ0v) is 18.8. The van der Waals surface area contributed by atoms with Crippen LogP contribution in [-0.2, 0) is 28.7 Å². The Labute approximate surface area is 181 Å². The predicted octanol–water partition coefficient (Wildman–Crippen LogP) is -2.49. The minimum Gasteiger partial charge on any atom is -0.467 e. The molecule has 8 N–H and O–H groups in total. The van der Waals surface area contributed by atoms with Gasteiger partial charge in [0.15, 0.2) is 0 Å². The molecule has 0 aromatic carbocycles. The lowest BCUT2D eigenvalue weighted by Gasteiger charge is -2.28. The summed E-state index contributed by atoms with van der Waals surface area (Å²) in [5.74, 6) is -4.55. The Kier molecular flexibility index (Phi) is 11.7. The van der Waals surface area contributed by atoms with Gasteiger partial charge in [-0.15, -0.1) is 0 Å². The maximum atomic E-state index is 12.8. The highest BCUT2D eigenvalue weighted by Gasteiger charge is 2.34. The van der Waals surface area contributed by atoms with Crippen LogP contribution in [0.5, 0.6) is 0 Å². The first-order valence-electron chi connectivity index (χ1n) is 9.93. The van der Waals surface area contributed by atoms with E-state index in [0.29, 0.717) is 0 Å². The summed E-state index contributed by atoms with van der Waals surface area (Å²) < 4.78 is 4.69. The standard InChI is InChI=1S/C19H35N5O7/c1-8(2)14(18(29)24-15(9(3)4)19(30)31-6)23-16(27)11(7-12(20)26)22-17(28)13(21)10(5)25/h8-11,13-15,25H,7,21H2,1-6H3,(H2,20,26)(H,22,28)(H,23,27)(H,24,29)/t10-,11+,13+,14+,15+/m1/s1. The van der Waals surface area contributed by atoms with E-state index in [1.54, 1.807) is 27.7 Å². The number of aliphatic hydroxyl groups is 1. The van der Waals surface area contributed by atoms with Crippen molar-refractivity contribution in [1.29, 1.82) is 0 Å². The number of nitrogens with two attached hydrogens (primary N) is 2. The number of aliphatic hydroxyl groups excluding tert-OH is 1. The molecule has 12 heteroatoms. The van der Waals surface area contributed by atoms with Crippen LogP contribution in [0.3, 0.4) is 0 Å². The third-order valence-electron chi connectivity index (χ3n) is 4.53. The molecule has 0 fully saturated rings. The molecule has 0 spiro atoms. The molecule has 0 bridgehead atoms. The Bertz CT molecular complexity index is 666. The Morgan fingerprint density at radius 1 is 0.839 bits per heavy atom. The Morgan fingerprint density at radius 3 is 1.71 bits per heavy atom. The molecule has 0 aliphatic rings. The Morgan fingerprint density at radius 2 is 1.32 bits per heavy atom. The lowest BCUT2D eigenvalue weighted by Crippen LogP contribution is -2.60. The molecule has 0 aromatic heterocycles. The number of carbonyl (C=O) groups is 5. The molecule has 178 valence electrons. The van der Waals surface area contributed by atoms with Crippen molar-refractivity contribution in [3.63, 3.8) is 0 Å². The second-order valence-corrected chi connectivity index (χ2v) is 7.98. The number of ether oxygens (including phenoxy) is 1. The molecule has 0 radical (unpaired) electrons. The summed E-state index contributed by atoms with van der Waals surface area (Å²) in [5, 5.41) is 16.7. The van der Waals surface area contributed by atoms with Crippen LogP contribution >= 0.6 is 0 Å². The quantitative estimate of drug-likeness (QED) is 0.177. The molecule has 0 unspecified atom stereocenters. The zero-order valence-electron chi connectivity index (χ0n) is 18.8. The van der Waals surface area contributed by atoms with Crippen LogP contribution < -0.4 is 27.4 Å². The number of esters is 1. The highest BCUT2D eigenvalue weighted by atomic mass is 16.5. The molecule has 0 heterocycles. The number of hydrogen-bond donors (Lipinski definition) is 6. The lowest BCUT2D eigenvalue weighted by molar-refractivity contribution is -0.147. The molecular weight excluding hydrogens is 410 g/mol. The Hall–Kier alpha value is -2.73. The minimum absolute atomic E-state index is 0.274. The third kappa shape index (κ3) is 9.30. The topological polar surface area (TPSA) is 203 Å². The van der Waals surface area contributed by atoms with Gasteiger partial charge in [-0.1, -0.05) is 27.7 Å². The van der Waals surface area contributed by atoms with Gasteiger partial charge in [0, 0.05) is 0 Å². The van der Waals surface area contributed by atoms with Crippen molar-refractivity contribution in [1.82, 2.24) is 16.0 Å². The minimum atomic E-state index is -1.41. The molecule has 0 aliphatic carbocycles. The van der Waals surface area contributed by atoms with Gasteiger partial charge >= 0.3 is 5.97 Å². The smallest absolute Gasteiger partial charge is 0.328 e. The monoisotopic (exact) mass is 445 g/mol. The first kappa shape index (κ1) is 28.3. The maximum Gasteiger partial charge on any atom is 0.328 e. The van der Waals surface area contributed by atoms with E-state index < -0.39 is 72.2 Å². The summed E-state index contributed by atoms with van der Waals surface area (Å²) in [6, 6.07) is -4.76. The molecule has 0 aliphatic heterocycles. The van der Waals surface area contributed by atoms with Gasteiger partial charge in [-0.3, -0.25) is 19.2 Å². The summed E-state index contributed by atoms with van der Waals surface area (Å²) in [6.07, 6.45) is -1.74. The number of methoxy groups -OCH3 is 1. The van der Waals surface area contributed by atoms with Crippen LogP contribution in [0, 0.1) is 11.8 Å². The highest BCUT2D eigenvalue weighted by Crippen LogP contribution is 2.08. The summed E-state index contributed by atoms with van der Waals surface area (Å²) in [4.78, 5) is 60.9. The molecule has 12 nitrogen and oxygen atoms in total. The van der Waals surface area contributed by atoms with E-state index in [-0.39, 0.29) is 5.92 Å². The molecule has 0 aromatic rings. The first-order chi connectivity index (χ1) is 14.2. The molecule has 31 heavy (non-hydrogen) atoms. The summed E-state index contributed by atoms with van der Waals surface area (Å²) in [6.45, 7) is 8.05. The van der Waals surface area contributed by atoms with E-state index in [2.05, 4.69) is 16.0 Å². The lowest BCUT2D eigenvalue weighted by atomic mass is 9.99. The van der Waals surface area contributed by atoms with Crippen molar-refractivity contribution in [2.24, 2.45) is 23.3 Å². The van der Waals surface area contributed by atoms with E-state index in [9.17, 15) is 29.1 Å². The van der Waals surface area contributed by atoms with Crippen LogP contribution in [0.2, 0.25) is 0 Å². The SMILES string of the molecule is COC(=O)[C@@H](NC(=O)[C@@H](NC(=O)[C@H](CC(N)=O)NC(=O)[C@@H](N)[C@@H](C)O)C(C)C)C(C)C. The van der Waals surface area contributed by atoms with Gasteiger partial charge in [0.05, 0.1) is 19.6 Å². The van der Waals surface area contributed by atoms with Crippen molar-refractivity contribution in [2.45, 2.75) is 71.3 Å². The fraction of sp³-hybridized carbons (Fsp3) is 0.737. The van der Waals surface area contributed by atoms with Gasteiger partial charge < -0.3 is 37.3 Å². The average molecular weight is 446 g/mol. The van der Waals surface area contributed by atoms with Crippen LogP contribution in [0.1, 0.15) is 41.0 Å². The molecule has 0 rings (SSSR count). The molecule has 0 saturated heterocycles. The van der Waals surface area contributed by atoms with Crippen molar-refractivity contribution in [2.75, 3.05) is 7.11 Å². The zero-order chi connectivity index (χ0) is 24.5. The van der Waals surface area contributed by atoms with Crippen LogP contribution in [-0.4, -0.2) is 72.1 Å². The first-order valence-corrected chi connectivity index (χ1v) is 9.93. The van der Waals surface area contributed by atoms with Crippen LogP contribution in [0.4, 0.5) is 0 Å². The fourth-order valence-corrected chi connectivity index (χ4v) is 2.55. The van der Waals surface area contributed by atoms with Crippen molar-refractivity contribution >= 4 is 29.6 Å². The largest absolute Gasteiger partial charge is 0.467 e. The van der Waals surface area contributed by atoms with Gasteiger partial charge in [0.2, 0.25) is 23.6 Å². The van der Waals surface area contributed by atoms with Gasteiger partial charge in [0.25, 0.3) is 0 Å². The van der Waals surface area contributed by atoms with Crippen molar-refractivity contribution in [3.05, 3.63) is 0 Å². The normalized spacial score (nSPS) is 15.9. The van der Waals surface area contributed by atoms with E-state index >= 15 is 0 Å². The van der Waals surface area contributed by atoms with Gasteiger partial charge in [-0.2, -0.15) is 0 Å². The highest BCUT2D eigenvalue weighted by molar-refractivity contribution is 5.96. The van der Waals surface area contributed by atoms with Gasteiger partial charge in [0.1, 0.15) is 24.2 Å². The van der Waals surface area contributed by atoms with E-state index in [0.717, 1.165) is 0 Å². The number of nitrogens with one attached hydrogen (secondary N) is 3. The average Bonchev–Trinajstić information content (AvgIpc) is 2.66. The Balaban J connectivity index is 5.50. The summed E-state index contributed by atoms with van der Waals surface area (Å²) in [5.41, 5.74) is 10.7. The van der Waals surface area contributed by atoms with Crippen molar-refractivity contribution in [3.8, 4) is 0 Å². The van der Waals surface area contributed by atoms with Gasteiger partial charge in [-0.25, -0.2) is 4.79 Å². The number of carbonyl (C=O) groups excluding carboxylic acids is 5. The van der Waals surface area contributed by atoms with E-state index in [1.165, 1.54) is 14.0 Å². The molecule has 4 amide bonds.